The molecule has 0 saturated heterocycles. The maximum atomic E-state index is 12.3. The third-order valence-electron chi connectivity index (χ3n) is 3.39. The Kier molecular flexibility index (Phi) is 3.66. The summed E-state index contributed by atoms with van der Waals surface area (Å²) >= 11 is 0. The summed E-state index contributed by atoms with van der Waals surface area (Å²) in [4.78, 5) is 26.3. The van der Waals surface area contributed by atoms with E-state index in [9.17, 15) is 22.8 Å². The standard InChI is InChI=1S/C14H12F3N5O2/c1-21-10-3-2-8(6-9(10)18-13(21)24)12(23)19-11-4-5-22(20-11)7-14(15,16)17/h2-6H,7H2,1H3,(H,18,24)(H,19,20,23). The van der Waals surface area contributed by atoms with Gasteiger partial charge in [-0.15, -0.1) is 0 Å². The summed E-state index contributed by atoms with van der Waals surface area (Å²) in [6.45, 7) is -1.24. The number of halogens is 3. The van der Waals surface area contributed by atoms with Gasteiger partial charge in [0.1, 0.15) is 6.54 Å². The quantitative estimate of drug-likeness (QED) is 0.764. The van der Waals surface area contributed by atoms with Crippen molar-refractivity contribution >= 4 is 22.8 Å². The van der Waals surface area contributed by atoms with E-state index in [0.29, 0.717) is 15.7 Å². The highest BCUT2D eigenvalue weighted by Gasteiger charge is 2.28. The number of hydrogen-bond donors (Lipinski definition) is 2. The van der Waals surface area contributed by atoms with E-state index in [1.54, 1.807) is 13.1 Å². The Labute approximate surface area is 132 Å². The number of aryl methyl sites for hydroxylation is 1. The Bertz CT molecular complexity index is 967. The molecular formula is C14H12F3N5O2. The first kappa shape index (κ1) is 15.8. The summed E-state index contributed by atoms with van der Waals surface area (Å²) in [6, 6.07) is 5.87. The van der Waals surface area contributed by atoms with Crippen LogP contribution in [0, 0.1) is 0 Å². The van der Waals surface area contributed by atoms with Crippen molar-refractivity contribution in [2.45, 2.75) is 12.7 Å². The minimum absolute atomic E-state index is 0.00546. The molecule has 1 aromatic carbocycles. The van der Waals surface area contributed by atoms with Gasteiger partial charge < -0.3 is 10.3 Å². The third kappa shape index (κ3) is 3.16. The van der Waals surface area contributed by atoms with E-state index in [1.807, 2.05) is 0 Å². The lowest BCUT2D eigenvalue weighted by Gasteiger charge is -2.06. The largest absolute Gasteiger partial charge is 0.408 e. The molecule has 0 spiro atoms. The lowest BCUT2D eigenvalue weighted by atomic mass is 10.2. The first-order valence-corrected chi connectivity index (χ1v) is 6.83. The van der Waals surface area contributed by atoms with Crippen LogP contribution >= 0.6 is 0 Å². The number of aromatic nitrogens is 4. The van der Waals surface area contributed by atoms with E-state index in [4.69, 9.17) is 0 Å². The van der Waals surface area contributed by atoms with Crippen LogP contribution < -0.4 is 11.0 Å². The molecule has 0 aliphatic carbocycles. The van der Waals surface area contributed by atoms with Crippen LogP contribution in [0.3, 0.4) is 0 Å². The van der Waals surface area contributed by atoms with Crippen molar-refractivity contribution in [3.63, 3.8) is 0 Å². The second-order valence-electron chi connectivity index (χ2n) is 5.19. The van der Waals surface area contributed by atoms with Crippen LogP contribution in [0.4, 0.5) is 19.0 Å². The first-order valence-electron chi connectivity index (χ1n) is 6.83. The number of anilines is 1. The fraction of sp³-hybridized carbons (Fsp3) is 0.214. The van der Waals surface area contributed by atoms with Crippen LogP contribution in [0.5, 0.6) is 0 Å². The number of nitrogens with one attached hydrogen (secondary N) is 2. The van der Waals surface area contributed by atoms with Crippen LogP contribution in [0.1, 0.15) is 10.4 Å². The summed E-state index contributed by atoms with van der Waals surface area (Å²) in [5.41, 5.74) is 1.05. The van der Waals surface area contributed by atoms with Gasteiger partial charge in [0.15, 0.2) is 5.82 Å². The molecule has 24 heavy (non-hydrogen) atoms. The van der Waals surface area contributed by atoms with Crippen molar-refractivity contribution in [2.24, 2.45) is 7.05 Å². The van der Waals surface area contributed by atoms with Crippen LogP contribution in [0.2, 0.25) is 0 Å². The smallest absolute Gasteiger partial charge is 0.306 e. The normalized spacial score (nSPS) is 11.8. The number of imidazole rings is 1. The number of benzene rings is 1. The van der Waals surface area contributed by atoms with Gasteiger partial charge in [-0.1, -0.05) is 0 Å². The molecule has 0 fully saturated rings. The van der Waals surface area contributed by atoms with Crippen molar-refractivity contribution in [3.8, 4) is 0 Å². The van der Waals surface area contributed by atoms with Gasteiger partial charge in [0, 0.05) is 24.9 Å². The number of hydrogen-bond acceptors (Lipinski definition) is 3. The zero-order valence-corrected chi connectivity index (χ0v) is 12.4. The number of alkyl halides is 3. The number of H-pyrrole nitrogens is 1. The Morgan fingerprint density at radius 3 is 2.79 bits per heavy atom. The van der Waals surface area contributed by atoms with Gasteiger partial charge in [0.05, 0.1) is 11.0 Å². The van der Waals surface area contributed by atoms with Crippen molar-refractivity contribution in [1.82, 2.24) is 19.3 Å². The third-order valence-corrected chi connectivity index (χ3v) is 3.39. The van der Waals surface area contributed by atoms with Gasteiger partial charge in [0.2, 0.25) is 0 Å². The molecule has 3 aromatic rings. The van der Waals surface area contributed by atoms with Gasteiger partial charge in [-0.05, 0) is 18.2 Å². The molecule has 126 valence electrons. The van der Waals surface area contributed by atoms with E-state index in [1.165, 1.54) is 22.8 Å². The van der Waals surface area contributed by atoms with E-state index >= 15 is 0 Å². The van der Waals surface area contributed by atoms with Gasteiger partial charge in [0.25, 0.3) is 5.91 Å². The van der Waals surface area contributed by atoms with Crippen LogP contribution in [-0.2, 0) is 13.6 Å². The van der Waals surface area contributed by atoms with Crippen molar-refractivity contribution in [1.29, 1.82) is 0 Å². The van der Waals surface area contributed by atoms with Gasteiger partial charge >= 0.3 is 11.9 Å². The zero-order chi connectivity index (χ0) is 17.5. The molecule has 0 aliphatic heterocycles. The van der Waals surface area contributed by atoms with Gasteiger partial charge in [-0.2, -0.15) is 18.3 Å². The molecule has 7 nitrogen and oxygen atoms in total. The summed E-state index contributed by atoms with van der Waals surface area (Å²) in [7, 11) is 1.59. The Morgan fingerprint density at radius 1 is 1.33 bits per heavy atom. The number of carbonyl (C=O) groups excluding carboxylic acids is 1. The number of fused-ring (bicyclic) bond motifs is 1. The molecule has 0 radical (unpaired) electrons. The summed E-state index contributed by atoms with van der Waals surface area (Å²) in [5.74, 6) is -0.537. The minimum Gasteiger partial charge on any atom is -0.306 e. The molecule has 1 amide bonds. The van der Waals surface area contributed by atoms with E-state index in [2.05, 4.69) is 15.4 Å². The predicted octanol–water partition coefficient (Wildman–Crippen LogP) is 1.88. The summed E-state index contributed by atoms with van der Waals surface area (Å²) in [5, 5.41) is 6.06. The SMILES string of the molecule is Cn1c(=O)[nH]c2cc(C(=O)Nc3ccn(CC(F)(F)F)n3)ccc21. The number of rotatable bonds is 3. The molecule has 0 aliphatic rings. The van der Waals surface area contributed by atoms with E-state index in [0.717, 1.165) is 6.20 Å². The molecule has 2 aromatic heterocycles. The highest BCUT2D eigenvalue weighted by atomic mass is 19.4. The van der Waals surface area contributed by atoms with Crippen molar-refractivity contribution in [3.05, 3.63) is 46.5 Å². The maximum absolute atomic E-state index is 12.3. The summed E-state index contributed by atoms with van der Waals surface area (Å²) < 4.78 is 38.9. The molecule has 0 bridgehead atoms. The fourth-order valence-electron chi connectivity index (χ4n) is 2.27. The van der Waals surface area contributed by atoms with Gasteiger partial charge in [-0.3, -0.25) is 14.0 Å². The van der Waals surface area contributed by atoms with Crippen LogP contribution in [0.25, 0.3) is 11.0 Å². The van der Waals surface area contributed by atoms with Crippen molar-refractivity contribution in [2.75, 3.05) is 5.32 Å². The first-order chi connectivity index (χ1) is 11.2. The zero-order valence-electron chi connectivity index (χ0n) is 12.4. The minimum atomic E-state index is -4.39. The Morgan fingerprint density at radius 2 is 2.08 bits per heavy atom. The number of amides is 1. The highest BCUT2D eigenvalue weighted by Crippen LogP contribution is 2.18. The highest BCUT2D eigenvalue weighted by molar-refractivity contribution is 6.05. The topological polar surface area (TPSA) is 84.7 Å². The number of carbonyl (C=O) groups is 1. The average Bonchev–Trinajstić information content (AvgIpc) is 3.02. The fourth-order valence-corrected chi connectivity index (χ4v) is 2.27. The van der Waals surface area contributed by atoms with Crippen molar-refractivity contribution < 1.29 is 18.0 Å². The second kappa shape index (κ2) is 5.55. The van der Waals surface area contributed by atoms with Gasteiger partial charge in [-0.25, -0.2) is 4.79 Å². The Balaban J connectivity index is 1.79. The molecule has 2 N–H and O–H groups in total. The average molecular weight is 339 g/mol. The summed E-state index contributed by atoms with van der Waals surface area (Å²) in [6.07, 6.45) is -3.27. The van der Waals surface area contributed by atoms with Crippen LogP contribution in [-0.4, -0.2) is 31.4 Å². The lowest BCUT2D eigenvalue weighted by molar-refractivity contribution is -0.142. The monoisotopic (exact) mass is 339 g/mol. The lowest BCUT2D eigenvalue weighted by Crippen LogP contribution is -2.18. The predicted molar refractivity (Wildman–Crippen MR) is 79.8 cm³/mol. The van der Waals surface area contributed by atoms with E-state index < -0.39 is 18.6 Å². The molecular weight excluding hydrogens is 327 g/mol. The molecule has 2 heterocycles. The number of aromatic amines is 1. The second-order valence-corrected chi connectivity index (χ2v) is 5.19. The molecule has 3 rings (SSSR count). The molecule has 0 saturated carbocycles. The molecule has 0 atom stereocenters. The molecule has 10 heteroatoms. The number of nitrogens with zero attached hydrogens (tertiary/aromatic N) is 3. The Hall–Kier alpha value is -3.04. The van der Waals surface area contributed by atoms with Crippen LogP contribution in [0.15, 0.2) is 35.3 Å². The van der Waals surface area contributed by atoms with E-state index in [-0.39, 0.29) is 17.1 Å². The molecule has 0 unspecified atom stereocenters. The maximum Gasteiger partial charge on any atom is 0.408 e.